The summed E-state index contributed by atoms with van der Waals surface area (Å²) in [5.74, 6) is 0.742. The molecule has 30 heavy (non-hydrogen) atoms. The van der Waals surface area contributed by atoms with Crippen LogP contribution in [0.25, 0.3) is 0 Å². The predicted molar refractivity (Wildman–Crippen MR) is 121 cm³/mol. The third-order valence-electron chi connectivity index (χ3n) is 5.10. The maximum absolute atomic E-state index is 13.1. The minimum Gasteiger partial charge on any atom is -0.497 e. The quantitative estimate of drug-likeness (QED) is 0.269. The van der Waals surface area contributed by atoms with Gasteiger partial charge in [0.25, 0.3) is 5.91 Å². The molecule has 0 aromatic heterocycles. The van der Waals surface area contributed by atoms with Crippen molar-refractivity contribution in [1.29, 1.82) is 0 Å². The number of anilines is 2. The highest BCUT2D eigenvalue weighted by Crippen LogP contribution is 2.44. The SMILES string of the molecule is COc1ccc(N2C(=O)/C(=C(C)\C=N\Nc3ccccc3)C2c2ccccc2)cc1. The van der Waals surface area contributed by atoms with E-state index in [1.807, 2.05) is 96.8 Å². The van der Waals surface area contributed by atoms with Crippen LogP contribution in [0, 0.1) is 0 Å². The predicted octanol–water partition coefficient (Wildman–Crippen LogP) is 5.20. The molecule has 1 unspecified atom stereocenters. The van der Waals surface area contributed by atoms with Crippen LogP contribution in [0.4, 0.5) is 11.4 Å². The molecule has 0 spiro atoms. The summed E-state index contributed by atoms with van der Waals surface area (Å²) >= 11 is 0. The molecule has 1 aliphatic rings. The minimum atomic E-state index is -0.157. The molecule has 3 aromatic rings. The monoisotopic (exact) mass is 397 g/mol. The zero-order chi connectivity index (χ0) is 20.9. The molecule has 0 aliphatic carbocycles. The number of allylic oxidation sites excluding steroid dienone is 1. The van der Waals surface area contributed by atoms with Crippen molar-refractivity contribution in [2.24, 2.45) is 5.10 Å². The van der Waals surface area contributed by atoms with E-state index < -0.39 is 0 Å². The lowest BCUT2D eigenvalue weighted by Crippen LogP contribution is -2.50. The fourth-order valence-electron chi connectivity index (χ4n) is 3.56. The highest BCUT2D eigenvalue weighted by Gasteiger charge is 2.44. The summed E-state index contributed by atoms with van der Waals surface area (Å²) in [4.78, 5) is 14.9. The van der Waals surface area contributed by atoms with Gasteiger partial charge >= 0.3 is 0 Å². The molecule has 1 aliphatic heterocycles. The van der Waals surface area contributed by atoms with Crippen LogP contribution in [0.1, 0.15) is 18.5 Å². The second-order valence-corrected chi connectivity index (χ2v) is 7.02. The van der Waals surface area contributed by atoms with Crippen molar-refractivity contribution >= 4 is 23.5 Å². The first kappa shape index (κ1) is 19.5. The number of ether oxygens (including phenoxy) is 1. The molecule has 1 saturated heterocycles. The zero-order valence-electron chi connectivity index (χ0n) is 16.9. The summed E-state index contributed by atoms with van der Waals surface area (Å²) < 4.78 is 5.24. The van der Waals surface area contributed by atoms with Crippen LogP contribution in [0.2, 0.25) is 0 Å². The molecule has 5 nitrogen and oxygen atoms in total. The molecule has 150 valence electrons. The molecule has 0 radical (unpaired) electrons. The van der Waals surface area contributed by atoms with Gasteiger partial charge in [0.15, 0.2) is 0 Å². The number of carbonyl (C=O) groups excluding carboxylic acids is 1. The molecule has 1 atom stereocenters. The number of hydrogen-bond donors (Lipinski definition) is 1. The van der Waals surface area contributed by atoms with E-state index in [0.717, 1.165) is 33.8 Å². The van der Waals surface area contributed by atoms with E-state index in [-0.39, 0.29) is 11.9 Å². The molecule has 0 bridgehead atoms. The molecule has 1 heterocycles. The van der Waals surface area contributed by atoms with Gasteiger partial charge in [-0.3, -0.25) is 15.1 Å². The molecular formula is C25H23N3O2. The second kappa shape index (κ2) is 8.66. The van der Waals surface area contributed by atoms with Crippen LogP contribution in [0.15, 0.2) is 101 Å². The summed E-state index contributed by atoms with van der Waals surface area (Å²) in [6.07, 6.45) is 1.71. The molecule has 1 fully saturated rings. The van der Waals surface area contributed by atoms with Gasteiger partial charge in [0, 0.05) is 11.3 Å². The molecule has 1 amide bonds. The normalized spacial score (nSPS) is 17.6. The molecule has 5 heteroatoms. The van der Waals surface area contributed by atoms with Crippen molar-refractivity contribution < 1.29 is 9.53 Å². The van der Waals surface area contributed by atoms with Crippen LogP contribution < -0.4 is 15.1 Å². The Morgan fingerprint density at radius 1 is 0.967 bits per heavy atom. The number of amides is 1. The van der Waals surface area contributed by atoms with Crippen LogP contribution in [-0.4, -0.2) is 19.2 Å². The number of rotatable bonds is 6. The van der Waals surface area contributed by atoms with Crippen molar-refractivity contribution in [2.45, 2.75) is 13.0 Å². The Kier molecular flexibility index (Phi) is 5.61. The second-order valence-electron chi connectivity index (χ2n) is 7.02. The van der Waals surface area contributed by atoms with Gasteiger partial charge in [-0.15, -0.1) is 0 Å². The van der Waals surface area contributed by atoms with Gasteiger partial charge < -0.3 is 4.74 Å². The van der Waals surface area contributed by atoms with E-state index in [4.69, 9.17) is 4.74 Å². The van der Waals surface area contributed by atoms with E-state index in [1.165, 1.54) is 0 Å². The highest BCUT2D eigenvalue weighted by atomic mass is 16.5. The molecule has 1 N–H and O–H groups in total. The first-order valence-corrected chi connectivity index (χ1v) is 9.76. The van der Waals surface area contributed by atoms with Gasteiger partial charge in [-0.25, -0.2) is 0 Å². The smallest absolute Gasteiger partial charge is 0.257 e. The Morgan fingerprint density at radius 3 is 2.23 bits per heavy atom. The molecule has 4 rings (SSSR count). The lowest BCUT2D eigenvalue weighted by Gasteiger charge is -2.44. The topological polar surface area (TPSA) is 53.9 Å². The Labute approximate surface area is 176 Å². The largest absolute Gasteiger partial charge is 0.497 e. The van der Waals surface area contributed by atoms with Gasteiger partial charge in [-0.05, 0) is 54.5 Å². The third kappa shape index (κ3) is 3.82. The molecule has 0 saturated carbocycles. The Hall–Kier alpha value is -3.86. The number of carbonyl (C=O) groups is 1. The lowest BCUT2D eigenvalue weighted by atomic mass is 9.84. The van der Waals surface area contributed by atoms with Crippen molar-refractivity contribution in [1.82, 2.24) is 0 Å². The maximum atomic E-state index is 13.1. The van der Waals surface area contributed by atoms with E-state index in [9.17, 15) is 4.79 Å². The van der Waals surface area contributed by atoms with Crippen LogP contribution in [0.5, 0.6) is 5.75 Å². The van der Waals surface area contributed by atoms with E-state index in [1.54, 1.807) is 13.3 Å². The summed E-state index contributed by atoms with van der Waals surface area (Å²) in [5.41, 5.74) is 7.38. The Bertz CT molecular complexity index is 1070. The number of nitrogens with zero attached hydrogens (tertiary/aromatic N) is 2. The summed E-state index contributed by atoms with van der Waals surface area (Å²) in [6, 6.07) is 27.1. The van der Waals surface area contributed by atoms with E-state index >= 15 is 0 Å². The lowest BCUT2D eigenvalue weighted by molar-refractivity contribution is -0.119. The van der Waals surface area contributed by atoms with Gasteiger partial charge in [0.05, 0.1) is 25.1 Å². The number of nitrogens with one attached hydrogen (secondary N) is 1. The minimum absolute atomic E-state index is 0.0160. The van der Waals surface area contributed by atoms with Crippen molar-refractivity contribution in [2.75, 3.05) is 17.4 Å². The summed E-state index contributed by atoms with van der Waals surface area (Å²) in [6.45, 7) is 1.92. The number of para-hydroxylation sites is 1. The van der Waals surface area contributed by atoms with Gasteiger partial charge in [0.2, 0.25) is 0 Å². The Balaban J connectivity index is 1.64. The summed E-state index contributed by atoms with van der Waals surface area (Å²) in [5, 5.41) is 4.31. The number of β-lactam (4-membered cyclic amide) rings is 1. The van der Waals surface area contributed by atoms with Crippen LogP contribution in [-0.2, 0) is 4.79 Å². The van der Waals surface area contributed by atoms with Gasteiger partial charge in [-0.2, -0.15) is 5.10 Å². The van der Waals surface area contributed by atoms with E-state index in [0.29, 0.717) is 0 Å². The highest BCUT2D eigenvalue weighted by molar-refractivity contribution is 6.18. The number of hydrogen-bond acceptors (Lipinski definition) is 4. The van der Waals surface area contributed by atoms with Crippen LogP contribution >= 0.6 is 0 Å². The Morgan fingerprint density at radius 2 is 1.60 bits per heavy atom. The number of methoxy groups -OCH3 is 1. The average molecular weight is 397 g/mol. The fourth-order valence-corrected chi connectivity index (χ4v) is 3.56. The van der Waals surface area contributed by atoms with Crippen molar-refractivity contribution in [3.05, 3.63) is 102 Å². The maximum Gasteiger partial charge on any atom is 0.257 e. The summed E-state index contributed by atoms with van der Waals surface area (Å²) in [7, 11) is 1.63. The van der Waals surface area contributed by atoms with E-state index in [2.05, 4.69) is 10.5 Å². The molecular weight excluding hydrogens is 374 g/mol. The van der Waals surface area contributed by atoms with Gasteiger partial charge in [-0.1, -0.05) is 48.5 Å². The van der Waals surface area contributed by atoms with Crippen molar-refractivity contribution in [3.8, 4) is 5.75 Å². The molecule has 3 aromatic carbocycles. The fraction of sp³-hybridized carbons (Fsp3) is 0.120. The van der Waals surface area contributed by atoms with Gasteiger partial charge in [0.1, 0.15) is 5.75 Å². The first-order chi connectivity index (χ1) is 14.7. The zero-order valence-corrected chi connectivity index (χ0v) is 16.9. The number of benzene rings is 3. The third-order valence-corrected chi connectivity index (χ3v) is 5.10. The van der Waals surface area contributed by atoms with Crippen LogP contribution in [0.3, 0.4) is 0 Å². The van der Waals surface area contributed by atoms with Crippen molar-refractivity contribution in [3.63, 3.8) is 0 Å². The first-order valence-electron chi connectivity index (χ1n) is 9.76. The standard InChI is InChI=1S/C25H23N3O2/c1-18(17-26-27-20-11-7-4-8-12-20)23-24(19-9-5-3-6-10-19)28(25(23)29)21-13-15-22(30-2)16-14-21/h3-17,24,27H,1-2H3/b23-18-,26-17+. The average Bonchev–Trinajstić information content (AvgIpc) is 2.79. The number of hydrazone groups is 1.